The van der Waals surface area contributed by atoms with Gasteiger partial charge < -0.3 is 5.32 Å². The summed E-state index contributed by atoms with van der Waals surface area (Å²) < 4.78 is 0. The van der Waals surface area contributed by atoms with E-state index < -0.39 is 0 Å². The van der Waals surface area contributed by atoms with Crippen LogP contribution in [0.1, 0.15) is 31.5 Å². The topological polar surface area (TPSA) is 42.7 Å². The van der Waals surface area contributed by atoms with Gasteiger partial charge >= 0.3 is 0 Å². The largest absolute Gasteiger partial charge is 0.309 e. The molecule has 4 nitrogen and oxygen atoms in total. The van der Waals surface area contributed by atoms with Crippen LogP contribution >= 0.6 is 23.2 Å². The predicted octanol–water partition coefficient (Wildman–Crippen LogP) is 5.19. The van der Waals surface area contributed by atoms with E-state index in [0.29, 0.717) is 29.2 Å². The molecule has 0 unspecified atom stereocenters. The van der Waals surface area contributed by atoms with Crippen LogP contribution in [0.5, 0.6) is 0 Å². The minimum atomic E-state index is 0.425. The van der Waals surface area contributed by atoms with E-state index in [0.717, 1.165) is 28.9 Å². The first kappa shape index (κ1) is 18.9. The molecule has 0 bridgehead atoms. The molecule has 0 amide bonds. The van der Waals surface area contributed by atoms with Gasteiger partial charge in [-0.3, -0.25) is 0 Å². The summed E-state index contributed by atoms with van der Waals surface area (Å²) in [6, 6.07) is 16.0. The van der Waals surface area contributed by atoms with Crippen molar-refractivity contribution in [3.8, 4) is 11.3 Å². The lowest BCUT2D eigenvalue weighted by atomic mass is 10.1. The highest BCUT2D eigenvalue weighted by Gasteiger charge is 2.14. The van der Waals surface area contributed by atoms with E-state index in [1.807, 2.05) is 30.3 Å². The summed E-state index contributed by atoms with van der Waals surface area (Å²) in [5.74, 6) is 0. The van der Waals surface area contributed by atoms with E-state index in [9.17, 15) is 0 Å². The number of nitrogens with zero attached hydrogens (tertiary/aromatic N) is 3. The molecular weight excluding hydrogens is 367 g/mol. The molecule has 3 rings (SSSR count). The van der Waals surface area contributed by atoms with Crippen molar-refractivity contribution in [2.45, 2.75) is 39.4 Å². The van der Waals surface area contributed by atoms with Gasteiger partial charge in [0.25, 0.3) is 0 Å². The normalized spacial score (nSPS) is 12.3. The number of benzene rings is 2. The van der Waals surface area contributed by atoms with E-state index in [1.165, 1.54) is 0 Å². The van der Waals surface area contributed by atoms with Crippen molar-refractivity contribution in [3.63, 3.8) is 0 Å². The molecule has 6 heteroatoms. The zero-order valence-corrected chi connectivity index (χ0v) is 16.4. The smallest absolute Gasteiger partial charge is 0.117 e. The molecule has 0 aliphatic heterocycles. The lowest BCUT2D eigenvalue weighted by molar-refractivity contribution is 0.520. The molecule has 0 fully saturated rings. The van der Waals surface area contributed by atoms with Crippen LogP contribution < -0.4 is 5.32 Å². The van der Waals surface area contributed by atoms with Crippen LogP contribution in [0.2, 0.25) is 10.0 Å². The second-order valence-corrected chi connectivity index (χ2v) is 7.16. The first-order valence-corrected chi connectivity index (χ1v) is 9.49. The molecule has 1 atom stereocenters. The van der Waals surface area contributed by atoms with Gasteiger partial charge in [-0.2, -0.15) is 15.0 Å². The second-order valence-electron chi connectivity index (χ2n) is 6.32. The zero-order chi connectivity index (χ0) is 18.5. The fourth-order valence-corrected chi connectivity index (χ4v) is 3.08. The highest BCUT2D eigenvalue weighted by Crippen LogP contribution is 2.23. The summed E-state index contributed by atoms with van der Waals surface area (Å²) in [5.41, 5.74) is 3.82. The quantitative estimate of drug-likeness (QED) is 0.605. The minimum absolute atomic E-state index is 0.425. The molecule has 0 saturated carbocycles. The van der Waals surface area contributed by atoms with Gasteiger partial charge in [-0.15, -0.1) is 0 Å². The lowest BCUT2D eigenvalue weighted by Crippen LogP contribution is -2.25. The molecule has 2 aromatic carbocycles. The Bertz CT molecular complexity index is 862. The first-order chi connectivity index (χ1) is 12.6. The number of nitrogens with one attached hydrogen (secondary N) is 1. The van der Waals surface area contributed by atoms with Crippen LogP contribution in [0.4, 0.5) is 0 Å². The number of rotatable bonds is 7. The Hall–Kier alpha value is -1.88. The summed E-state index contributed by atoms with van der Waals surface area (Å²) in [7, 11) is 0. The average molecular weight is 389 g/mol. The van der Waals surface area contributed by atoms with Crippen LogP contribution in [0, 0.1) is 0 Å². The van der Waals surface area contributed by atoms with Crippen LogP contribution in [0.15, 0.2) is 48.5 Å². The molecular formula is C20H22Cl2N4. The van der Waals surface area contributed by atoms with Gasteiger partial charge in [0.1, 0.15) is 11.4 Å². The predicted molar refractivity (Wildman–Crippen MR) is 108 cm³/mol. The fraction of sp³-hybridized carbons (Fsp3) is 0.300. The van der Waals surface area contributed by atoms with E-state index in [2.05, 4.69) is 31.3 Å². The van der Waals surface area contributed by atoms with Crippen molar-refractivity contribution in [1.29, 1.82) is 0 Å². The monoisotopic (exact) mass is 388 g/mol. The third kappa shape index (κ3) is 4.64. The molecule has 26 heavy (non-hydrogen) atoms. The molecule has 0 spiro atoms. The SMILES string of the molecule is CC[C@H](C)NCc1nn(Cc2ccc(Cl)cc2Cl)nc1-c1ccccc1. The molecule has 3 aromatic rings. The van der Waals surface area contributed by atoms with E-state index >= 15 is 0 Å². The molecule has 0 radical (unpaired) electrons. The number of hydrogen-bond acceptors (Lipinski definition) is 3. The molecule has 1 aromatic heterocycles. The maximum Gasteiger partial charge on any atom is 0.117 e. The van der Waals surface area contributed by atoms with Crippen LogP contribution in [-0.2, 0) is 13.1 Å². The molecule has 136 valence electrons. The Morgan fingerprint density at radius 2 is 1.85 bits per heavy atom. The lowest BCUT2D eigenvalue weighted by Gasteiger charge is -2.10. The van der Waals surface area contributed by atoms with Gasteiger partial charge in [0.15, 0.2) is 0 Å². The van der Waals surface area contributed by atoms with Crippen molar-refractivity contribution < 1.29 is 0 Å². The number of aromatic nitrogens is 3. The van der Waals surface area contributed by atoms with Gasteiger partial charge in [0.2, 0.25) is 0 Å². The van der Waals surface area contributed by atoms with Gasteiger partial charge in [0.05, 0.1) is 6.54 Å². The van der Waals surface area contributed by atoms with Gasteiger partial charge in [-0.25, -0.2) is 0 Å². The fourth-order valence-electron chi connectivity index (χ4n) is 2.61. The van der Waals surface area contributed by atoms with Gasteiger partial charge in [-0.1, -0.05) is 66.5 Å². The summed E-state index contributed by atoms with van der Waals surface area (Å²) >= 11 is 12.3. The van der Waals surface area contributed by atoms with Crippen LogP contribution in [-0.4, -0.2) is 21.0 Å². The summed E-state index contributed by atoms with van der Waals surface area (Å²) in [6.45, 7) is 5.50. The first-order valence-electron chi connectivity index (χ1n) is 8.73. The Morgan fingerprint density at radius 3 is 2.54 bits per heavy atom. The van der Waals surface area contributed by atoms with E-state index in [4.69, 9.17) is 33.4 Å². The standard InChI is InChI=1S/C20H22Cl2N4/c1-3-14(2)23-12-19-20(15-7-5-4-6-8-15)25-26(24-19)13-16-9-10-17(21)11-18(16)22/h4-11,14,23H,3,12-13H2,1-2H3/t14-/m0/s1. The van der Waals surface area contributed by atoms with E-state index in [1.54, 1.807) is 10.9 Å². The zero-order valence-electron chi connectivity index (χ0n) is 14.9. The highest BCUT2D eigenvalue weighted by atomic mass is 35.5. The minimum Gasteiger partial charge on any atom is -0.309 e. The average Bonchev–Trinajstić information content (AvgIpc) is 3.05. The van der Waals surface area contributed by atoms with Gasteiger partial charge in [-0.05, 0) is 31.0 Å². The molecule has 0 saturated heterocycles. The van der Waals surface area contributed by atoms with Crippen molar-refractivity contribution >= 4 is 23.2 Å². The maximum atomic E-state index is 6.30. The van der Waals surface area contributed by atoms with Crippen LogP contribution in [0.3, 0.4) is 0 Å². The Morgan fingerprint density at radius 1 is 1.08 bits per heavy atom. The van der Waals surface area contributed by atoms with Crippen LogP contribution in [0.25, 0.3) is 11.3 Å². The Balaban J connectivity index is 1.90. The third-order valence-electron chi connectivity index (χ3n) is 4.33. The molecule has 0 aliphatic carbocycles. The van der Waals surface area contributed by atoms with Crippen molar-refractivity contribution in [2.75, 3.05) is 0 Å². The van der Waals surface area contributed by atoms with Crippen molar-refractivity contribution in [1.82, 2.24) is 20.3 Å². The summed E-state index contributed by atoms with van der Waals surface area (Å²) in [6.07, 6.45) is 1.06. The summed E-state index contributed by atoms with van der Waals surface area (Å²) in [4.78, 5) is 1.70. The summed E-state index contributed by atoms with van der Waals surface area (Å²) in [5, 5.41) is 14.2. The Kier molecular flexibility index (Phi) is 6.30. The number of halogens is 2. The second kappa shape index (κ2) is 8.67. The molecule has 0 aliphatic rings. The number of hydrogen-bond donors (Lipinski definition) is 1. The molecule has 1 heterocycles. The molecule has 1 N–H and O–H groups in total. The highest BCUT2D eigenvalue weighted by molar-refractivity contribution is 6.35. The van der Waals surface area contributed by atoms with E-state index in [-0.39, 0.29) is 0 Å². The third-order valence-corrected chi connectivity index (χ3v) is 4.92. The Labute approximate surface area is 164 Å². The van der Waals surface area contributed by atoms with Crippen molar-refractivity contribution in [2.24, 2.45) is 0 Å². The maximum absolute atomic E-state index is 6.30. The van der Waals surface area contributed by atoms with Gasteiger partial charge in [0, 0.05) is 28.2 Å². The van der Waals surface area contributed by atoms with Crippen molar-refractivity contribution in [3.05, 3.63) is 69.8 Å².